The molecule has 0 atom stereocenters. The maximum absolute atomic E-state index is 10.6. The molecular formula is C11H14N2O2. The van der Waals surface area contributed by atoms with E-state index in [-0.39, 0.29) is 0 Å². The topological polar surface area (TPSA) is 64.4 Å². The number of ether oxygens (including phenoxy) is 1. The number of carbonyl (C=O) groups excluding carboxylic acids is 1. The fourth-order valence-corrected chi connectivity index (χ4v) is 1.28. The van der Waals surface area contributed by atoms with Gasteiger partial charge >= 0.3 is 6.03 Å². The Morgan fingerprint density at radius 2 is 2.07 bits per heavy atom. The molecule has 1 aromatic carbocycles. The van der Waals surface area contributed by atoms with E-state index in [1.54, 1.807) is 12.1 Å². The number of carbonyl (C=O) groups is 1. The van der Waals surface area contributed by atoms with Crippen molar-refractivity contribution in [2.75, 3.05) is 11.9 Å². The van der Waals surface area contributed by atoms with Crippen molar-refractivity contribution >= 4 is 11.7 Å². The average molecular weight is 206 g/mol. The zero-order valence-corrected chi connectivity index (χ0v) is 8.40. The van der Waals surface area contributed by atoms with Crippen molar-refractivity contribution < 1.29 is 9.53 Å². The van der Waals surface area contributed by atoms with Crippen molar-refractivity contribution in [3.63, 3.8) is 0 Å². The first-order valence-electron chi connectivity index (χ1n) is 5.03. The van der Waals surface area contributed by atoms with Gasteiger partial charge in [0.25, 0.3) is 0 Å². The second-order valence-electron chi connectivity index (χ2n) is 3.77. The van der Waals surface area contributed by atoms with E-state index in [0.717, 1.165) is 18.3 Å². The first-order chi connectivity index (χ1) is 7.24. The molecule has 0 aliphatic heterocycles. The van der Waals surface area contributed by atoms with Crippen LogP contribution >= 0.6 is 0 Å². The van der Waals surface area contributed by atoms with E-state index in [2.05, 4.69) is 5.32 Å². The number of nitrogens with two attached hydrogens (primary N) is 1. The van der Waals surface area contributed by atoms with Gasteiger partial charge in [0.15, 0.2) is 0 Å². The summed E-state index contributed by atoms with van der Waals surface area (Å²) in [4.78, 5) is 10.6. The Kier molecular flexibility index (Phi) is 2.76. The highest BCUT2D eigenvalue weighted by molar-refractivity contribution is 5.87. The van der Waals surface area contributed by atoms with E-state index in [0.29, 0.717) is 5.69 Å². The lowest BCUT2D eigenvalue weighted by Gasteiger charge is -2.06. The summed E-state index contributed by atoms with van der Waals surface area (Å²) < 4.78 is 5.55. The molecule has 1 aliphatic rings. The highest BCUT2D eigenvalue weighted by Crippen LogP contribution is 2.29. The van der Waals surface area contributed by atoms with Gasteiger partial charge in [0.1, 0.15) is 5.75 Å². The lowest BCUT2D eigenvalue weighted by molar-refractivity contribution is 0.259. The minimum atomic E-state index is -0.554. The van der Waals surface area contributed by atoms with Gasteiger partial charge in [-0.05, 0) is 43.0 Å². The number of nitrogens with one attached hydrogen (secondary N) is 1. The summed E-state index contributed by atoms with van der Waals surface area (Å²) in [6, 6.07) is 6.64. The Balaban J connectivity index is 1.87. The van der Waals surface area contributed by atoms with E-state index in [1.165, 1.54) is 12.8 Å². The number of benzene rings is 1. The van der Waals surface area contributed by atoms with Gasteiger partial charge in [-0.1, -0.05) is 0 Å². The Hall–Kier alpha value is -1.71. The molecule has 2 rings (SSSR count). The zero-order valence-electron chi connectivity index (χ0n) is 8.40. The van der Waals surface area contributed by atoms with Crippen LogP contribution in [0.2, 0.25) is 0 Å². The fraction of sp³-hybridized carbons (Fsp3) is 0.364. The molecule has 2 amide bonds. The Morgan fingerprint density at radius 1 is 1.40 bits per heavy atom. The molecule has 0 saturated heterocycles. The summed E-state index contributed by atoms with van der Waals surface area (Å²) in [5, 5.41) is 2.49. The summed E-state index contributed by atoms with van der Waals surface area (Å²) in [7, 11) is 0. The van der Waals surface area contributed by atoms with Gasteiger partial charge in [0.05, 0.1) is 6.61 Å². The molecule has 1 aromatic rings. The van der Waals surface area contributed by atoms with Gasteiger partial charge in [-0.2, -0.15) is 0 Å². The molecule has 80 valence electrons. The summed E-state index contributed by atoms with van der Waals surface area (Å²) >= 11 is 0. The molecule has 3 N–H and O–H groups in total. The van der Waals surface area contributed by atoms with Gasteiger partial charge in [-0.15, -0.1) is 0 Å². The lowest BCUT2D eigenvalue weighted by Crippen LogP contribution is -2.19. The van der Waals surface area contributed by atoms with Crippen LogP contribution in [-0.2, 0) is 0 Å². The minimum absolute atomic E-state index is 0.554. The molecule has 15 heavy (non-hydrogen) atoms. The highest BCUT2D eigenvalue weighted by Gasteiger charge is 2.21. The number of primary amides is 1. The van der Waals surface area contributed by atoms with Gasteiger partial charge in [-0.25, -0.2) is 4.79 Å². The molecule has 0 heterocycles. The predicted molar refractivity (Wildman–Crippen MR) is 57.9 cm³/mol. The standard InChI is InChI=1S/C11H14N2O2/c12-11(14)13-9-3-5-10(6-4-9)15-7-8-1-2-8/h3-6,8H,1-2,7H2,(H3,12,13,14). The van der Waals surface area contributed by atoms with Crippen molar-refractivity contribution in [2.24, 2.45) is 11.7 Å². The molecule has 1 saturated carbocycles. The number of hydrogen-bond donors (Lipinski definition) is 2. The third-order valence-corrected chi connectivity index (χ3v) is 2.30. The first-order valence-corrected chi connectivity index (χ1v) is 5.03. The number of hydrogen-bond acceptors (Lipinski definition) is 2. The van der Waals surface area contributed by atoms with Crippen molar-refractivity contribution in [1.29, 1.82) is 0 Å². The van der Waals surface area contributed by atoms with Crippen LogP contribution in [0.15, 0.2) is 24.3 Å². The van der Waals surface area contributed by atoms with Gasteiger partial charge in [-0.3, -0.25) is 0 Å². The van der Waals surface area contributed by atoms with Crippen molar-refractivity contribution in [2.45, 2.75) is 12.8 Å². The van der Waals surface area contributed by atoms with Crippen molar-refractivity contribution in [1.82, 2.24) is 0 Å². The summed E-state index contributed by atoms with van der Waals surface area (Å²) in [6.45, 7) is 0.794. The number of urea groups is 1. The van der Waals surface area contributed by atoms with Crippen molar-refractivity contribution in [3.8, 4) is 5.75 Å². The Labute approximate surface area is 88.4 Å². The quantitative estimate of drug-likeness (QED) is 0.791. The average Bonchev–Trinajstić information content (AvgIpc) is 2.99. The SMILES string of the molecule is NC(=O)Nc1ccc(OCC2CC2)cc1. The van der Waals surface area contributed by atoms with Crippen LogP contribution < -0.4 is 15.8 Å². The summed E-state index contributed by atoms with van der Waals surface area (Å²) in [5.74, 6) is 1.57. The second kappa shape index (κ2) is 4.21. The van der Waals surface area contributed by atoms with E-state index in [1.807, 2.05) is 12.1 Å². The van der Waals surface area contributed by atoms with E-state index in [9.17, 15) is 4.79 Å². The largest absolute Gasteiger partial charge is 0.493 e. The lowest BCUT2D eigenvalue weighted by atomic mass is 10.3. The highest BCUT2D eigenvalue weighted by atomic mass is 16.5. The molecule has 4 heteroatoms. The minimum Gasteiger partial charge on any atom is -0.493 e. The Bertz CT molecular complexity index is 344. The van der Waals surface area contributed by atoms with E-state index < -0.39 is 6.03 Å². The van der Waals surface area contributed by atoms with E-state index >= 15 is 0 Å². The molecule has 0 aromatic heterocycles. The molecule has 0 unspecified atom stereocenters. The van der Waals surface area contributed by atoms with Crippen LogP contribution in [0.3, 0.4) is 0 Å². The van der Waals surface area contributed by atoms with Crippen LogP contribution in [0, 0.1) is 5.92 Å². The zero-order chi connectivity index (χ0) is 10.7. The molecule has 1 fully saturated rings. The monoisotopic (exact) mass is 206 g/mol. The molecule has 4 nitrogen and oxygen atoms in total. The van der Waals surface area contributed by atoms with Crippen LogP contribution in [0.1, 0.15) is 12.8 Å². The number of anilines is 1. The van der Waals surface area contributed by atoms with E-state index in [4.69, 9.17) is 10.5 Å². The molecule has 0 spiro atoms. The van der Waals surface area contributed by atoms with Crippen LogP contribution in [-0.4, -0.2) is 12.6 Å². The fourth-order valence-electron chi connectivity index (χ4n) is 1.28. The molecule has 0 radical (unpaired) electrons. The molecule has 0 bridgehead atoms. The number of rotatable bonds is 4. The maximum atomic E-state index is 10.6. The van der Waals surface area contributed by atoms with Gasteiger partial charge in [0, 0.05) is 5.69 Å². The third-order valence-electron chi connectivity index (χ3n) is 2.30. The normalized spacial score (nSPS) is 14.7. The van der Waals surface area contributed by atoms with Crippen molar-refractivity contribution in [3.05, 3.63) is 24.3 Å². The molecule has 1 aliphatic carbocycles. The predicted octanol–water partition coefficient (Wildman–Crippen LogP) is 1.97. The smallest absolute Gasteiger partial charge is 0.316 e. The first kappa shape index (κ1) is 9.83. The maximum Gasteiger partial charge on any atom is 0.316 e. The molecular weight excluding hydrogens is 192 g/mol. The van der Waals surface area contributed by atoms with Crippen LogP contribution in [0.4, 0.5) is 10.5 Å². The number of amides is 2. The third kappa shape index (κ3) is 3.16. The second-order valence-corrected chi connectivity index (χ2v) is 3.77. The van der Waals surface area contributed by atoms with Crippen LogP contribution in [0.5, 0.6) is 5.75 Å². The summed E-state index contributed by atoms with van der Waals surface area (Å²) in [5.41, 5.74) is 5.67. The Morgan fingerprint density at radius 3 is 2.60 bits per heavy atom. The van der Waals surface area contributed by atoms with Gasteiger partial charge in [0.2, 0.25) is 0 Å². The van der Waals surface area contributed by atoms with Crippen LogP contribution in [0.25, 0.3) is 0 Å². The van der Waals surface area contributed by atoms with Gasteiger partial charge < -0.3 is 15.8 Å². The summed E-state index contributed by atoms with van der Waals surface area (Å²) in [6.07, 6.45) is 2.56.